The second kappa shape index (κ2) is 2.84. The summed E-state index contributed by atoms with van der Waals surface area (Å²) in [7, 11) is 0. The Kier molecular flexibility index (Phi) is 2.02. The summed E-state index contributed by atoms with van der Waals surface area (Å²) in [4.78, 5) is 22.8. The van der Waals surface area contributed by atoms with E-state index in [4.69, 9.17) is 10.8 Å². The summed E-state index contributed by atoms with van der Waals surface area (Å²) in [6.07, 6.45) is 0.587. The summed E-state index contributed by atoms with van der Waals surface area (Å²) in [6, 6.07) is -0.659. The van der Waals surface area contributed by atoms with Crippen molar-refractivity contribution in [1.29, 1.82) is 0 Å². The fraction of sp³-hybridized carbons (Fsp3) is 0.556. The van der Waals surface area contributed by atoms with Crippen molar-refractivity contribution < 1.29 is 19.2 Å². The van der Waals surface area contributed by atoms with E-state index in [-0.39, 0.29) is 16.7 Å². The van der Waals surface area contributed by atoms with E-state index in [1.165, 1.54) is 11.8 Å². The minimum atomic E-state index is -1.11. The van der Waals surface area contributed by atoms with Crippen LogP contribution in [-0.4, -0.2) is 44.3 Å². The number of rotatable bonds is 1. The second-order valence-corrected chi connectivity index (χ2v) is 5.85. The summed E-state index contributed by atoms with van der Waals surface area (Å²) in [5.74, 6) is -0.398. The molecule has 2 aliphatic rings. The number of hydrogen-bond acceptors (Lipinski definition) is 4. The van der Waals surface area contributed by atoms with Crippen LogP contribution in [0.1, 0.15) is 6.92 Å². The topological polar surface area (TPSA) is 80.4 Å². The predicted molar refractivity (Wildman–Crippen MR) is 56.1 cm³/mol. The van der Waals surface area contributed by atoms with Crippen LogP contribution in [0.2, 0.25) is 0 Å². The summed E-state index contributed by atoms with van der Waals surface area (Å²) >= 11 is 1.43. The Labute approximate surface area is 91.5 Å². The first kappa shape index (κ1) is 10.7. The van der Waals surface area contributed by atoms with Gasteiger partial charge in [-0.3, -0.25) is 0 Å². The van der Waals surface area contributed by atoms with Gasteiger partial charge in [-0.25, -0.2) is 4.79 Å². The SMILES string of the molecule is C=C[C@@]1(C)C[N+]2(C(=O)O)C(=O)[C@H](N)[C@@H]2S1. The molecule has 0 spiro atoms. The third-order valence-electron chi connectivity index (χ3n) is 3.15. The average molecular weight is 229 g/mol. The Morgan fingerprint density at radius 2 is 2.47 bits per heavy atom. The van der Waals surface area contributed by atoms with Crippen LogP contribution in [0.5, 0.6) is 0 Å². The smallest absolute Gasteiger partial charge is 0.435 e. The second-order valence-electron chi connectivity index (χ2n) is 4.20. The number of carbonyl (C=O) groups excluding carboxylic acids is 1. The van der Waals surface area contributed by atoms with Crippen molar-refractivity contribution in [2.45, 2.75) is 23.1 Å². The Morgan fingerprint density at radius 1 is 1.87 bits per heavy atom. The van der Waals surface area contributed by atoms with Crippen LogP contribution >= 0.6 is 11.8 Å². The number of carbonyl (C=O) groups is 2. The van der Waals surface area contributed by atoms with Gasteiger partial charge >= 0.3 is 12.0 Å². The molecule has 5 nitrogen and oxygen atoms in total. The van der Waals surface area contributed by atoms with Gasteiger partial charge in [-0.1, -0.05) is 17.8 Å². The first-order chi connectivity index (χ1) is 6.87. The first-order valence-electron chi connectivity index (χ1n) is 4.60. The maximum absolute atomic E-state index is 11.6. The number of β-lactam (4-membered cyclic amide) rings is 1. The van der Waals surface area contributed by atoms with Crippen molar-refractivity contribution in [2.24, 2.45) is 5.73 Å². The fourth-order valence-corrected chi connectivity index (χ4v) is 3.87. The molecular weight excluding hydrogens is 216 g/mol. The highest BCUT2D eigenvalue weighted by Gasteiger charge is 2.74. The minimum Gasteiger partial charge on any atom is -0.435 e. The number of carboxylic acid groups (broad SMARTS) is 1. The lowest BCUT2D eigenvalue weighted by atomic mass is 10.0. The van der Waals surface area contributed by atoms with Gasteiger partial charge in [0.25, 0.3) is 0 Å². The molecule has 0 aliphatic carbocycles. The number of fused-ring (bicyclic) bond motifs is 1. The van der Waals surface area contributed by atoms with Crippen LogP contribution in [0.3, 0.4) is 0 Å². The highest BCUT2D eigenvalue weighted by atomic mass is 32.2. The molecule has 0 bridgehead atoms. The van der Waals surface area contributed by atoms with E-state index in [1.807, 2.05) is 6.92 Å². The molecule has 0 radical (unpaired) electrons. The monoisotopic (exact) mass is 229 g/mol. The van der Waals surface area contributed by atoms with Gasteiger partial charge in [-0.05, 0) is 6.92 Å². The predicted octanol–water partition coefficient (Wildman–Crippen LogP) is 0.366. The van der Waals surface area contributed by atoms with Gasteiger partial charge in [0.15, 0.2) is 11.4 Å². The van der Waals surface area contributed by atoms with Crippen LogP contribution in [0.4, 0.5) is 4.79 Å². The summed E-state index contributed by atoms with van der Waals surface area (Å²) < 4.78 is -0.915. The molecule has 82 valence electrons. The van der Waals surface area contributed by atoms with E-state index in [0.717, 1.165) is 0 Å². The number of imide groups is 1. The zero-order valence-corrected chi connectivity index (χ0v) is 9.16. The summed E-state index contributed by atoms with van der Waals surface area (Å²) in [6.45, 7) is 5.80. The molecule has 0 aromatic heterocycles. The average Bonchev–Trinajstić information content (AvgIpc) is 2.50. The standard InChI is InChI=1S/C9H12N2O3S/c1-3-9(2)4-11(8(13)14)6(12)5(10)7(11)15-9/h3,5,7H,1,4,10H2,2H3/p+1/t5-,7-,9-,11?/m0/s1. The van der Waals surface area contributed by atoms with Gasteiger partial charge in [0.2, 0.25) is 0 Å². The van der Waals surface area contributed by atoms with Gasteiger partial charge in [0, 0.05) is 0 Å². The number of thioether (sulfide) groups is 1. The molecule has 0 aromatic carbocycles. The lowest BCUT2D eigenvalue weighted by Crippen LogP contribution is -2.78. The Bertz CT molecular complexity index is 372. The molecule has 4 atom stereocenters. The lowest BCUT2D eigenvalue weighted by molar-refractivity contribution is -0.817. The van der Waals surface area contributed by atoms with Crippen LogP contribution in [-0.2, 0) is 4.79 Å². The van der Waals surface area contributed by atoms with Crippen LogP contribution in [0, 0.1) is 0 Å². The molecule has 2 aliphatic heterocycles. The van der Waals surface area contributed by atoms with Crippen molar-refractivity contribution in [1.82, 2.24) is 0 Å². The van der Waals surface area contributed by atoms with E-state index < -0.39 is 22.5 Å². The maximum atomic E-state index is 11.6. The molecule has 2 saturated heterocycles. The lowest BCUT2D eigenvalue weighted by Gasteiger charge is -2.42. The van der Waals surface area contributed by atoms with Crippen molar-refractivity contribution >= 4 is 23.8 Å². The zero-order chi connectivity index (χ0) is 11.4. The van der Waals surface area contributed by atoms with E-state index in [2.05, 4.69) is 6.58 Å². The molecule has 0 aromatic rings. The van der Waals surface area contributed by atoms with Crippen molar-refractivity contribution in [3.05, 3.63) is 12.7 Å². The van der Waals surface area contributed by atoms with Crippen molar-refractivity contribution in [3.63, 3.8) is 0 Å². The van der Waals surface area contributed by atoms with Gasteiger partial charge in [-0.2, -0.15) is 4.79 Å². The van der Waals surface area contributed by atoms with Crippen LogP contribution in [0.15, 0.2) is 12.7 Å². The first-order valence-corrected chi connectivity index (χ1v) is 5.48. The Morgan fingerprint density at radius 3 is 2.87 bits per heavy atom. The molecule has 1 unspecified atom stereocenters. The fourth-order valence-electron chi connectivity index (χ4n) is 2.23. The molecule has 2 fully saturated rings. The molecule has 2 amide bonds. The third-order valence-corrected chi connectivity index (χ3v) is 4.88. The molecular formula is C9H13N2O3S+. The van der Waals surface area contributed by atoms with E-state index >= 15 is 0 Å². The summed E-state index contributed by atoms with van der Waals surface area (Å²) in [5, 5.41) is 8.80. The Balaban J connectivity index is 2.41. The number of hydrogen-bond donors (Lipinski definition) is 2. The van der Waals surface area contributed by atoms with Crippen LogP contribution < -0.4 is 5.73 Å². The molecule has 15 heavy (non-hydrogen) atoms. The van der Waals surface area contributed by atoms with Crippen molar-refractivity contribution in [3.8, 4) is 0 Å². The number of nitrogens with two attached hydrogens (primary N) is 1. The number of amides is 2. The molecule has 2 rings (SSSR count). The van der Waals surface area contributed by atoms with Gasteiger partial charge in [0.05, 0.1) is 4.75 Å². The molecule has 3 N–H and O–H groups in total. The number of quaternary nitrogens is 1. The molecule has 6 heteroatoms. The molecule has 2 heterocycles. The van der Waals surface area contributed by atoms with Crippen LogP contribution in [0.25, 0.3) is 0 Å². The van der Waals surface area contributed by atoms with E-state index in [0.29, 0.717) is 0 Å². The Hall–Kier alpha value is -0.850. The maximum Gasteiger partial charge on any atom is 0.522 e. The summed E-state index contributed by atoms with van der Waals surface area (Å²) in [5.41, 5.74) is 5.62. The molecule has 0 saturated carbocycles. The van der Waals surface area contributed by atoms with Crippen molar-refractivity contribution in [2.75, 3.05) is 6.54 Å². The zero-order valence-electron chi connectivity index (χ0n) is 8.34. The highest BCUT2D eigenvalue weighted by molar-refractivity contribution is 8.01. The van der Waals surface area contributed by atoms with Gasteiger partial charge in [-0.15, -0.1) is 11.1 Å². The minimum absolute atomic E-state index is 0.244. The normalized spacial score (nSPS) is 48.3. The van der Waals surface area contributed by atoms with E-state index in [9.17, 15) is 9.59 Å². The highest BCUT2D eigenvalue weighted by Crippen LogP contribution is 2.52. The van der Waals surface area contributed by atoms with E-state index in [1.54, 1.807) is 6.08 Å². The van der Waals surface area contributed by atoms with Gasteiger partial charge < -0.3 is 10.8 Å². The quantitative estimate of drug-likeness (QED) is 0.385. The van der Waals surface area contributed by atoms with Gasteiger partial charge in [0.1, 0.15) is 6.54 Å². The third kappa shape index (κ3) is 1.07. The number of nitrogens with zero attached hydrogens (tertiary/aromatic N) is 1. The largest absolute Gasteiger partial charge is 0.522 e.